The summed E-state index contributed by atoms with van der Waals surface area (Å²) in [5, 5.41) is 4.26. The standard InChI is InChI=1S/C10H16ClN3/c11-10-7-12-8-14(10)6-4-9-3-1-2-5-13-9/h7-9,13H,1-6H2. The molecule has 1 aromatic rings. The normalized spacial score (nSPS) is 22.5. The summed E-state index contributed by atoms with van der Waals surface area (Å²) in [6.07, 6.45) is 8.61. The largest absolute Gasteiger partial charge is 0.322 e. The average Bonchev–Trinajstić information content (AvgIpc) is 2.63. The van der Waals surface area contributed by atoms with Gasteiger partial charge in [-0.25, -0.2) is 4.98 Å². The Morgan fingerprint density at radius 2 is 2.50 bits per heavy atom. The van der Waals surface area contributed by atoms with Crippen LogP contribution < -0.4 is 5.32 Å². The Morgan fingerprint density at radius 3 is 3.14 bits per heavy atom. The van der Waals surface area contributed by atoms with Crippen LogP contribution in [0.25, 0.3) is 0 Å². The molecule has 1 saturated heterocycles. The Kier molecular flexibility index (Phi) is 3.43. The smallest absolute Gasteiger partial charge is 0.128 e. The van der Waals surface area contributed by atoms with E-state index in [2.05, 4.69) is 10.3 Å². The summed E-state index contributed by atoms with van der Waals surface area (Å²) in [6, 6.07) is 0.669. The van der Waals surface area contributed by atoms with Crippen LogP contribution in [0.1, 0.15) is 25.7 Å². The van der Waals surface area contributed by atoms with Crippen LogP contribution in [0.3, 0.4) is 0 Å². The second-order valence-electron chi connectivity index (χ2n) is 3.85. The molecule has 1 atom stereocenters. The first-order valence-electron chi connectivity index (χ1n) is 5.25. The van der Waals surface area contributed by atoms with Crippen LogP contribution in [0.15, 0.2) is 12.5 Å². The van der Waals surface area contributed by atoms with E-state index in [0.717, 1.165) is 18.1 Å². The lowest BCUT2D eigenvalue weighted by atomic mass is 10.0. The number of hydrogen-bond donors (Lipinski definition) is 1. The van der Waals surface area contributed by atoms with E-state index in [4.69, 9.17) is 11.6 Å². The number of aryl methyl sites for hydroxylation is 1. The van der Waals surface area contributed by atoms with Gasteiger partial charge in [-0.05, 0) is 25.8 Å². The van der Waals surface area contributed by atoms with Crippen LogP contribution in [0.4, 0.5) is 0 Å². The second-order valence-corrected chi connectivity index (χ2v) is 4.23. The first kappa shape index (κ1) is 9.99. The third-order valence-electron chi connectivity index (χ3n) is 2.79. The van der Waals surface area contributed by atoms with Crippen molar-refractivity contribution in [2.45, 2.75) is 38.3 Å². The fourth-order valence-corrected chi connectivity index (χ4v) is 2.12. The summed E-state index contributed by atoms with van der Waals surface area (Å²) in [7, 11) is 0. The fourth-order valence-electron chi connectivity index (χ4n) is 1.93. The molecule has 1 aliphatic heterocycles. The van der Waals surface area contributed by atoms with Gasteiger partial charge in [-0.2, -0.15) is 0 Å². The van der Waals surface area contributed by atoms with E-state index in [1.165, 1.54) is 25.8 Å². The molecule has 0 aromatic carbocycles. The van der Waals surface area contributed by atoms with Gasteiger partial charge < -0.3 is 9.88 Å². The van der Waals surface area contributed by atoms with Gasteiger partial charge in [0.2, 0.25) is 0 Å². The molecule has 0 amide bonds. The molecule has 1 unspecified atom stereocenters. The third-order valence-corrected chi connectivity index (χ3v) is 3.11. The minimum atomic E-state index is 0.669. The molecule has 2 rings (SSSR count). The van der Waals surface area contributed by atoms with Gasteiger partial charge in [0.25, 0.3) is 0 Å². The van der Waals surface area contributed by atoms with Crippen LogP contribution in [0, 0.1) is 0 Å². The number of imidazole rings is 1. The van der Waals surface area contributed by atoms with Gasteiger partial charge in [0.1, 0.15) is 5.15 Å². The number of rotatable bonds is 3. The molecule has 2 heterocycles. The molecule has 1 fully saturated rings. The van der Waals surface area contributed by atoms with Crippen molar-refractivity contribution in [2.24, 2.45) is 0 Å². The fraction of sp³-hybridized carbons (Fsp3) is 0.700. The number of hydrogen-bond acceptors (Lipinski definition) is 2. The van der Waals surface area contributed by atoms with Crippen LogP contribution >= 0.6 is 11.6 Å². The Bertz CT molecular complexity index is 279. The molecule has 0 aliphatic carbocycles. The Hall–Kier alpha value is -0.540. The van der Waals surface area contributed by atoms with Crippen molar-refractivity contribution in [2.75, 3.05) is 6.54 Å². The number of aromatic nitrogens is 2. The molecule has 78 valence electrons. The maximum absolute atomic E-state index is 5.94. The molecular formula is C10H16ClN3. The first-order chi connectivity index (χ1) is 6.86. The average molecular weight is 214 g/mol. The van der Waals surface area contributed by atoms with Crippen LogP contribution in [0.2, 0.25) is 5.15 Å². The summed E-state index contributed by atoms with van der Waals surface area (Å²) >= 11 is 5.94. The zero-order chi connectivity index (χ0) is 9.80. The number of nitrogens with zero attached hydrogens (tertiary/aromatic N) is 2. The van der Waals surface area contributed by atoms with Crippen molar-refractivity contribution in [3.63, 3.8) is 0 Å². The molecule has 0 radical (unpaired) electrons. The molecule has 14 heavy (non-hydrogen) atoms. The summed E-state index contributed by atoms with van der Waals surface area (Å²) in [5.41, 5.74) is 0. The van der Waals surface area contributed by atoms with Crippen molar-refractivity contribution in [3.8, 4) is 0 Å². The van der Waals surface area contributed by atoms with Crippen molar-refractivity contribution in [1.82, 2.24) is 14.9 Å². The number of halogens is 1. The zero-order valence-corrected chi connectivity index (χ0v) is 9.00. The van der Waals surface area contributed by atoms with Crippen LogP contribution in [-0.4, -0.2) is 22.1 Å². The highest BCUT2D eigenvalue weighted by molar-refractivity contribution is 6.29. The molecule has 4 heteroatoms. The van der Waals surface area contributed by atoms with Crippen molar-refractivity contribution in [3.05, 3.63) is 17.7 Å². The van der Waals surface area contributed by atoms with E-state index < -0.39 is 0 Å². The molecule has 1 aromatic heterocycles. The van der Waals surface area contributed by atoms with Crippen LogP contribution in [-0.2, 0) is 6.54 Å². The lowest BCUT2D eigenvalue weighted by Gasteiger charge is -2.23. The van der Waals surface area contributed by atoms with Gasteiger partial charge in [0.05, 0.1) is 12.5 Å². The molecule has 0 spiro atoms. The quantitative estimate of drug-likeness (QED) is 0.833. The zero-order valence-electron chi connectivity index (χ0n) is 8.25. The van der Waals surface area contributed by atoms with Gasteiger partial charge in [-0.15, -0.1) is 0 Å². The highest BCUT2D eigenvalue weighted by atomic mass is 35.5. The number of piperidine rings is 1. The van der Waals surface area contributed by atoms with Crippen molar-refractivity contribution in [1.29, 1.82) is 0 Å². The predicted octanol–water partition coefficient (Wildman–Crippen LogP) is 2.07. The van der Waals surface area contributed by atoms with E-state index >= 15 is 0 Å². The SMILES string of the molecule is Clc1cncn1CCC1CCCCN1. The topological polar surface area (TPSA) is 29.9 Å². The maximum atomic E-state index is 5.94. The van der Waals surface area contributed by atoms with Gasteiger partial charge in [0.15, 0.2) is 0 Å². The minimum Gasteiger partial charge on any atom is -0.322 e. The Morgan fingerprint density at radius 1 is 1.57 bits per heavy atom. The summed E-state index contributed by atoms with van der Waals surface area (Å²) in [6.45, 7) is 2.14. The number of nitrogens with one attached hydrogen (secondary N) is 1. The second kappa shape index (κ2) is 4.80. The maximum Gasteiger partial charge on any atom is 0.128 e. The van der Waals surface area contributed by atoms with E-state index in [9.17, 15) is 0 Å². The minimum absolute atomic E-state index is 0.669. The van der Waals surface area contributed by atoms with Crippen molar-refractivity contribution >= 4 is 11.6 Å². The lowest BCUT2D eigenvalue weighted by molar-refractivity contribution is 0.367. The molecule has 1 N–H and O–H groups in total. The summed E-state index contributed by atoms with van der Waals surface area (Å²) in [5.74, 6) is 0. The molecular weight excluding hydrogens is 198 g/mol. The molecule has 1 aliphatic rings. The first-order valence-corrected chi connectivity index (χ1v) is 5.63. The van der Waals surface area contributed by atoms with Gasteiger partial charge in [-0.1, -0.05) is 18.0 Å². The third kappa shape index (κ3) is 2.49. The monoisotopic (exact) mass is 213 g/mol. The highest BCUT2D eigenvalue weighted by Crippen LogP contribution is 2.13. The van der Waals surface area contributed by atoms with Crippen molar-refractivity contribution < 1.29 is 0 Å². The summed E-state index contributed by atoms with van der Waals surface area (Å²) in [4.78, 5) is 4.00. The highest BCUT2D eigenvalue weighted by Gasteiger charge is 2.12. The molecule has 3 nitrogen and oxygen atoms in total. The van der Waals surface area contributed by atoms with Gasteiger partial charge >= 0.3 is 0 Å². The van der Waals surface area contributed by atoms with Gasteiger partial charge in [-0.3, -0.25) is 0 Å². The lowest BCUT2D eigenvalue weighted by Crippen LogP contribution is -2.34. The van der Waals surface area contributed by atoms with Crippen LogP contribution in [0.5, 0.6) is 0 Å². The van der Waals surface area contributed by atoms with Gasteiger partial charge in [0, 0.05) is 12.6 Å². The van der Waals surface area contributed by atoms with E-state index in [1.54, 1.807) is 12.5 Å². The Labute approximate surface area is 89.5 Å². The van der Waals surface area contributed by atoms with E-state index in [0.29, 0.717) is 6.04 Å². The van der Waals surface area contributed by atoms with E-state index in [-0.39, 0.29) is 0 Å². The predicted molar refractivity (Wildman–Crippen MR) is 57.5 cm³/mol. The summed E-state index contributed by atoms with van der Waals surface area (Å²) < 4.78 is 2.00. The molecule has 0 saturated carbocycles. The molecule has 0 bridgehead atoms. The van der Waals surface area contributed by atoms with E-state index in [1.807, 2.05) is 4.57 Å². The Balaban J connectivity index is 1.79.